The van der Waals surface area contributed by atoms with Crippen LogP contribution >= 0.6 is 0 Å². The van der Waals surface area contributed by atoms with Crippen molar-refractivity contribution in [2.75, 3.05) is 0 Å². The molecule has 128 valence electrons. The Bertz CT molecular complexity index is 833. The highest BCUT2D eigenvalue weighted by molar-refractivity contribution is 6.22. The molecule has 0 saturated heterocycles. The number of hydroxylamine groups is 1. The van der Waals surface area contributed by atoms with Crippen molar-refractivity contribution in [2.24, 2.45) is 0 Å². The van der Waals surface area contributed by atoms with Crippen LogP contribution in [0.25, 0.3) is 0 Å². The number of imide groups is 1. The van der Waals surface area contributed by atoms with Crippen LogP contribution in [0.4, 0.5) is 0 Å². The lowest BCUT2D eigenvalue weighted by molar-refractivity contribution is -0.138. The van der Waals surface area contributed by atoms with Crippen LogP contribution in [0.15, 0.2) is 48.5 Å². The summed E-state index contributed by atoms with van der Waals surface area (Å²) < 4.78 is 0. The van der Waals surface area contributed by atoms with Gasteiger partial charge in [0.25, 0.3) is 17.7 Å². The van der Waals surface area contributed by atoms with Gasteiger partial charge in [0.05, 0.1) is 17.7 Å². The highest BCUT2D eigenvalue weighted by Gasteiger charge is 2.40. The van der Waals surface area contributed by atoms with E-state index in [0.29, 0.717) is 11.1 Å². The average molecular weight is 338 g/mol. The highest BCUT2D eigenvalue weighted by Crippen LogP contribution is 2.25. The SMILES string of the molecule is Cc1ccc2c(c1)C(=O)N([C@H](C)C(=O)NOCc1ccccc1)C2=O. The van der Waals surface area contributed by atoms with Gasteiger partial charge in [-0.3, -0.25) is 24.1 Å². The summed E-state index contributed by atoms with van der Waals surface area (Å²) in [4.78, 5) is 43.3. The van der Waals surface area contributed by atoms with Crippen LogP contribution in [0.5, 0.6) is 0 Å². The van der Waals surface area contributed by atoms with Gasteiger partial charge in [-0.05, 0) is 31.5 Å². The lowest BCUT2D eigenvalue weighted by atomic mass is 10.1. The molecule has 1 N–H and O–H groups in total. The van der Waals surface area contributed by atoms with E-state index in [4.69, 9.17) is 4.84 Å². The van der Waals surface area contributed by atoms with E-state index in [-0.39, 0.29) is 6.61 Å². The van der Waals surface area contributed by atoms with Crippen molar-refractivity contribution < 1.29 is 19.2 Å². The molecular formula is C19H18N2O4. The second-order valence-electron chi connectivity index (χ2n) is 5.95. The lowest BCUT2D eigenvalue weighted by Gasteiger charge is -2.21. The van der Waals surface area contributed by atoms with E-state index in [1.165, 1.54) is 6.92 Å². The Morgan fingerprint density at radius 3 is 2.48 bits per heavy atom. The van der Waals surface area contributed by atoms with Crippen LogP contribution in [0, 0.1) is 6.92 Å². The predicted octanol–water partition coefficient (Wildman–Crippen LogP) is 2.23. The topological polar surface area (TPSA) is 75.7 Å². The number of benzene rings is 2. The van der Waals surface area contributed by atoms with Gasteiger partial charge in [0, 0.05) is 0 Å². The second-order valence-corrected chi connectivity index (χ2v) is 5.95. The second kappa shape index (κ2) is 6.86. The third-order valence-electron chi connectivity index (χ3n) is 4.09. The standard InChI is InChI=1S/C19H18N2O4/c1-12-8-9-15-16(10-12)19(24)21(18(15)23)13(2)17(22)20-25-11-14-6-4-3-5-7-14/h3-10,13H,11H2,1-2H3,(H,20,22)/t13-/m1/s1. The molecule has 25 heavy (non-hydrogen) atoms. The summed E-state index contributed by atoms with van der Waals surface area (Å²) >= 11 is 0. The monoisotopic (exact) mass is 338 g/mol. The maximum atomic E-state index is 12.5. The molecule has 0 fully saturated rings. The fraction of sp³-hybridized carbons (Fsp3) is 0.211. The third kappa shape index (κ3) is 3.29. The number of rotatable bonds is 5. The van der Waals surface area contributed by atoms with Crippen molar-refractivity contribution in [2.45, 2.75) is 26.5 Å². The van der Waals surface area contributed by atoms with Crippen LogP contribution in [0.3, 0.4) is 0 Å². The van der Waals surface area contributed by atoms with Crippen LogP contribution in [0.2, 0.25) is 0 Å². The zero-order valence-electron chi connectivity index (χ0n) is 14.0. The molecule has 0 radical (unpaired) electrons. The molecular weight excluding hydrogens is 320 g/mol. The summed E-state index contributed by atoms with van der Waals surface area (Å²) in [6.07, 6.45) is 0. The Morgan fingerprint density at radius 1 is 1.08 bits per heavy atom. The summed E-state index contributed by atoms with van der Waals surface area (Å²) in [7, 11) is 0. The fourth-order valence-corrected chi connectivity index (χ4v) is 2.69. The number of amides is 3. The summed E-state index contributed by atoms with van der Waals surface area (Å²) in [5.41, 5.74) is 4.73. The minimum Gasteiger partial charge on any atom is -0.270 e. The summed E-state index contributed by atoms with van der Waals surface area (Å²) in [6.45, 7) is 3.53. The van der Waals surface area contributed by atoms with E-state index in [1.54, 1.807) is 18.2 Å². The fourth-order valence-electron chi connectivity index (χ4n) is 2.69. The van der Waals surface area contributed by atoms with Gasteiger partial charge in [-0.15, -0.1) is 0 Å². The van der Waals surface area contributed by atoms with E-state index < -0.39 is 23.8 Å². The van der Waals surface area contributed by atoms with Gasteiger partial charge in [-0.25, -0.2) is 5.48 Å². The molecule has 1 atom stereocenters. The molecule has 2 aromatic carbocycles. The molecule has 3 rings (SSSR count). The number of nitrogens with one attached hydrogen (secondary N) is 1. The molecule has 3 amide bonds. The van der Waals surface area contributed by atoms with E-state index in [1.807, 2.05) is 37.3 Å². The number of fused-ring (bicyclic) bond motifs is 1. The first-order chi connectivity index (χ1) is 12.0. The Labute approximate surface area is 145 Å². The van der Waals surface area contributed by atoms with Crippen LogP contribution in [0.1, 0.15) is 38.8 Å². The van der Waals surface area contributed by atoms with E-state index in [9.17, 15) is 14.4 Å². The first-order valence-electron chi connectivity index (χ1n) is 7.93. The molecule has 6 heteroatoms. The molecule has 0 spiro atoms. The molecule has 1 aliphatic heterocycles. The number of carbonyl (C=O) groups is 3. The van der Waals surface area contributed by atoms with Crippen molar-refractivity contribution >= 4 is 17.7 Å². The van der Waals surface area contributed by atoms with E-state index in [2.05, 4.69) is 5.48 Å². The van der Waals surface area contributed by atoms with Crippen LogP contribution in [-0.2, 0) is 16.2 Å². The smallest absolute Gasteiger partial charge is 0.266 e. The van der Waals surface area contributed by atoms with Gasteiger partial charge in [0.15, 0.2) is 0 Å². The zero-order chi connectivity index (χ0) is 18.0. The quantitative estimate of drug-likeness (QED) is 0.670. The maximum Gasteiger partial charge on any atom is 0.266 e. The molecule has 0 unspecified atom stereocenters. The Hall–Kier alpha value is -2.99. The number of hydrogen-bond acceptors (Lipinski definition) is 4. The molecule has 6 nitrogen and oxygen atoms in total. The molecule has 0 bridgehead atoms. The minimum absolute atomic E-state index is 0.195. The largest absolute Gasteiger partial charge is 0.270 e. The van der Waals surface area contributed by atoms with Gasteiger partial charge < -0.3 is 0 Å². The lowest BCUT2D eigenvalue weighted by Crippen LogP contribution is -2.47. The van der Waals surface area contributed by atoms with Gasteiger partial charge in [-0.1, -0.05) is 42.0 Å². The van der Waals surface area contributed by atoms with Crippen molar-refractivity contribution in [3.8, 4) is 0 Å². The number of nitrogens with zero attached hydrogens (tertiary/aromatic N) is 1. The average Bonchev–Trinajstić information content (AvgIpc) is 2.85. The van der Waals surface area contributed by atoms with Crippen LogP contribution in [-0.4, -0.2) is 28.7 Å². The van der Waals surface area contributed by atoms with Crippen molar-refractivity contribution in [1.82, 2.24) is 10.4 Å². The van der Waals surface area contributed by atoms with Crippen molar-refractivity contribution in [1.29, 1.82) is 0 Å². The summed E-state index contributed by atoms with van der Waals surface area (Å²) in [6, 6.07) is 13.4. The molecule has 2 aromatic rings. The van der Waals surface area contributed by atoms with Crippen LogP contribution < -0.4 is 5.48 Å². The number of hydrogen-bond donors (Lipinski definition) is 1. The predicted molar refractivity (Wildman–Crippen MR) is 90.5 cm³/mol. The van der Waals surface area contributed by atoms with Gasteiger partial charge in [0.1, 0.15) is 6.04 Å². The maximum absolute atomic E-state index is 12.5. The van der Waals surface area contributed by atoms with E-state index >= 15 is 0 Å². The number of carbonyl (C=O) groups excluding carboxylic acids is 3. The van der Waals surface area contributed by atoms with Crippen molar-refractivity contribution in [3.05, 3.63) is 70.8 Å². The molecule has 0 saturated carbocycles. The Kier molecular flexibility index (Phi) is 4.63. The minimum atomic E-state index is -0.969. The molecule has 0 aromatic heterocycles. The summed E-state index contributed by atoms with van der Waals surface area (Å²) in [5.74, 6) is -1.48. The first kappa shape index (κ1) is 16.9. The molecule has 1 heterocycles. The molecule has 1 aliphatic rings. The molecule has 0 aliphatic carbocycles. The van der Waals surface area contributed by atoms with E-state index in [0.717, 1.165) is 16.0 Å². The number of aryl methyl sites for hydroxylation is 1. The first-order valence-corrected chi connectivity index (χ1v) is 7.93. The zero-order valence-corrected chi connectivity index (χ0v) is 14.0. The highest BCUT2D eigenvalue weighted by atomic mass is 16.6. The van der Waals surface area contributed by atoms with Gasteiger partial charge in [0.2, 0.25) is 0 Å². The van der Waals surface area contributed by atoms with Gasteiger partial charge in [-0.2, -0.15) is 0 Å². The van der Waals surface area contributed by atoms with Gasteiger partial charge >= 0.3 is 0 Å². The Morgan fingerprint density at radius 2 is 1.76 bits per heavy atom. The Balaban J connectivity index is 1.65. The normalized spacial score (nSPS) is 14.4. The summed E-state index contributed by atoms with van der Waals surface area (Å²) in [5, 5.41) is 0. The van der Waals surface area contributed by atoms with Crippen molar-refractivity contribution in [3.63, 3.8) is 0 Å². The third-order valence-corrected chi connectivity index (χ3v) is 4.09.